The lowest BCUT2D eigenvalue weighted by atomic mass is 9.78. The third-order valence-corrected chi connectivity index (χ3v) is 4.82. The molecule has 1 aromatic carbocycles. The van der Waals surface area contributed by atoms with Crippen LogP contribution in [0.2, 0.25) is 0 Å². The minimum absolute atomic E-state index is 0.0109. The summed E-state index contributed by atoms with van der Waals surface area (Å²) in [6.45, 7) is 2.40. The van der Waals surface area contributed by atoms with Crippen LogP contribution in [0.15, 0.2) is 30.3 Å². The summed E-state index contributed by atoms with van der Waals surface area (Å²) in [4.78, 5) is 14.1. The lowest BCUT2D eigenvalue weighted by Crippen LogP contribution is -2.39. The van der Waals surface area contributed by atoms with E-state index < -0.39 is 0 Å². The molecule has 0 aliphatic carbocycles. The fourth-order valence-electron chi connectivity index (χ4n) is 3.51. The molecule has 22 heavy (non-hydrogen) atoms. The predicted octanol–water partition coefficient (Wildman–Crippen LogP) is 2.19. The van der Waals surface area contributed by atoms with E-state index in [1.807, 2.05) is 30.3 Å². The zero-order valence-corrected chi connectivity index (χ0v) is 12.7. The van der Waals surface area contributed by atoms with Crippen molar-refractivity contribution in [3.63, 3.8) is 0 Å². The number of benzene rings is 1. The van der Waals surface area contributed by atoms with Gasteiger partial charge in [0.15, 0.2) is 0 Å². The summed E-state index contributed by atoms with van der Waals surface area (Å²) in [5.41, 5.74) is 1.06. The smallest absolute Gasteiger partial charge is 0.410 e. The highest BCUT2D eigenvalue weighted by molar-refractivity contribution is 5.68. The Bertz CT molecular complexity index is 499. The molecule has 5 heteroatoms. The molecule has 5 nitrogen and oxygen atoms in total. The van der Waals surface area contributed by atoms with Gasteiger partial charge in [0, 0.05) is 19.8 Å². The van der Waals surface area contributed by atoms with Crippen molar-refractivity contribution < 1.29 is 19.4 Å². The van der Waals surface area contributed by atoms with Gasteiger partial charge in [0.25, 0.3) is 0 Å². The van der Waals surface area contributed by atoms with Gasteiger partial charge in [0.2, 0.25) is 0 Å². The van der Waals surface area contributed by atoms with Crippen LogP contribution in [0.1, 0.15) is 24.8 Å². The Balaban J connectivity index is 1.61. The average molecular weight is 305 g/mol. The summed E-state index contributed by atoms with van der Waals surface area (Å²) in [5.74, 6) is 0. The molecule has 1 spiro atoms. The van der Waals surface area contributed by atoms with Crippen molar-refractivity contribution in [2.24, 2.45) is 5.41 Å². The second-order valence-corrected chi connectivity index (χ2v) is 6.32. The van der Waals surface area contributed by atoms with Crippen molar-refractivity contribution in [3.05, 3.63) is 35.9 Å². The van der Waals surface area contributed by atoms with Crippen molar-refractivity contribution in [2.45, 2.75) is 31.9 Å². The number of hydrogen-bond donors (Lipinski definition) is 1. The summed E-state index contributed by atoms with van der Waals surface area (Å²) in [6.07, 6.45) is 2.41. The second-order valence-electron chi connectivity index (χ2n) is 6.32. The van der Waals surface area contributed by atoms with E-state index in [0.29, 0.717) is 6.54 Å². The van der Waals surface area contributed by atoms with Crippen LogP contribution in [-0.4, -0.2) is 48.5 Å². The van der Waals surface area contributed by atoms with Gasteiger partial charge >= 0.3 is 6.09 Å². The van der Waals surface area contributed by atoms with Crippen molar-refractivity contribution in [1.29, 1.82) is 0 Å². The number of likely N-dealkylation sites (tertiary alicyclic amines) is 1. The van der Waals surface area contributed by atoms with Crippen LogP contribution in [0.3, 0.4) is 0 Å². The van der Waals surface area contributed by atoms with E-state index in [1.54, 1.807) is 4.90 Å². The number of hydrogen-bond acceptors (Lipinski definition) is 4. The first kappa shape index (κ1) is 15.3. The number of carbonyl (C=O) groups is 1. The molecule has 0 radical (unpaired) electrons. The SMILES string of the molecule is O=C(OCc1ccccc1)N1CC2(CCOCC2)CC1CO. The summed E-state index contributed by atoms with van der Waals surface area (Å²) in [5, 5.41) is 9.60. The van der Waals surface area contributed by atoms with Crippen LogP contribution in [0.25, 0.3) is 0 Å². The largest absolute Gasteiger partial charge is 0.445 e. The monoisotopic (exact) mass is 305 g/mol. The predicted molar refractivity (Wildman–Crippen MR) is 81.3 cm³/mol. The van der Waals surface area contributed by atoms with Crippen LogP contribution < -0.4 is 0 Å². The topological polar surface area (TPSA) is 59.0 Å². The van der Waals surface area contributed by atoms with Crippen LogP contribution in [0.5, 0.6) is 0 Å². The molecule has 1 amide bonds. The van der Waals surface area contributed by atoms with Crippen molar-refractivity contribution >= 4 is 6.09 Å². The number of nitrogens with zero attached hydrogens (tertiary/aromatic N) is 1. The van der Waals surface area contributed by atoms with Crippen LogP contribution in [-0.2, 0) is 16.1 Å². The summed E-state index contributed by atoms with van der Waals surface area (Å²) >= 11 is 0. The molecule has 120 valence electrons. The Labute approximate surface area is 130 Å². The molecule has 1 N–H and O–H groups in total. The van der Waals surface area contributed by atoms with Crippen LogP contribution in [0.4, 0.5) is 4.79 Å². The standard InChI is InChI=1S/C17H23NO4/c19-11-15-10-17(6-8-21-9-7-17)13-18(15)16(20)22-12-14-4-2-1-3-5-14/h1-5,15,19H,6-13H2. The van der Waals surface area contributed by atoms with Crippen LogP contribution >= 0.6 is 0 Å². The highest BCUT2D eigenvalue weighted by Crippen LogP contribution is 2.42. The number of aliphatic hydroxyl groups excluding tert-OH is 1. The van der Waals surface area contributed by atoms with E-state index in [4.69, 9.17) is 9.47 Å². The van der Waals surface area contributed by atoms with Gasteiger partial charge in [0.1, 0.15) is 6.61 Å². The molecule has 3 rings (SSSR count). The van der Waals surface area contributed by atoms with E-state index >= 15 is 0 Å². The van der Waals surface area contributed by atoms with Gasteiger partial charge in [-0.1, -0.05) is 30.3 Å². The minimum Gasteiger partial charge on any atom is -0.445 e. The zero-order valence-electron chi connectivity index (χ0n) is 12.7. The molecule has 1 atom stereocenters. The second kappa shape index (κ2) is 6.67. The molecule has 2 heterocycles. The van der Waals surface area contributed by atoms with Gasteiger partial charge in [-0.05, 0) is 30.2 Å². The molecule has 1 aromatic rings. The molecular formula is C17H23NO4. The summed E-state index contributed by atoms with van der Waals surface area (Å²) in [7, 11) is 0. The molecule has 2 aliphatic heterocycles. The Kier molecular flexibility index (Phi) is 4.64. The van der Waals surface area contributed by atoms with Crippen molar-refractivity contribution in [1.82, 2.24) is 4.90 Å². The molecule has 2 saturated heterocycles. The number of amides is 1. The average Bonchev–Trinajstić information content (AvgIpc) is 2.92. The normalized spacial score (nSPS) is 23.7. The minimum atomic E-state index is -0.328. The quantitative estimate of drug-likeness (QED) is 0.930. The highest BCUT2D eigenvalue weighted by atomic mass is 16.6. The van der Waals surface area contributed by atoms with Crippen molar-refractivity contribution in [3.8, 4) is 0 Å². The number of rotatable bonds is 3. The Morgan fingerprint density at radius 1 is 1.32 bits per heavy atom. The number of aliphatic hydroxyl groups is 1. The van der Waals surface area contributed by atoms with Crippen LogP contribution in [0, 0.1) is 5.41 Å². The van der Waals surface area contributed by atoms with Gasteiger partial charge in [-0.15, -0.1) is 0 Å². The third kappa shape index (κ3) is 3.25. The van der Waals surface area contributed by atoms with E-state index in [0.717, 1.165) is 38.0 Å². The maximum absolute atomic E-state index is 12.4. The van der Waals surface area contributed by atoms with Gasteiger partial charge in [-0.3, -0.25) is 0 Å². The van der Waals surface area contributed by atoms with Gasteiger partial charge in [-0.2, -0.15) is 0 Å². The van der Waals surface area contributed by atoms with Gasteiger partial charge in [-0.25, -0.2) is 4.79 Å². The molecular weight excluding hydrogens is 282 g/mol. The lowest BCUT2D eigenvalue weighted by Gasteiger charge is -2.32. The fraction of sp³-hybridized carbons (Fsp3) is 0.588. The number of ether oxygens (including phenoxy) is 2. The van der Waals surface area contributed by atoms with Gasteiger partial charge < -0.3 is 19.5 Å². The summed E-state index contributed by atoms with van der Waals surface area (Å²) < 4.78 is 10.9. The molecule has 1 unspecified atom stereocenters. The van der Waals surface area contributed by atoms with Gasteiger partial charge in [0.05, 0.1) is 12.6 Å². The Morgan fingerprint density at radius 3 is 2.73 bits per heavy atom. The maximum atomic E-state index is 12.4. The maximum Gasteiger partial charge on any atom is 0.410 e. The molecule has 0 saturated carbocycles. The molecule has 2 fully saturated rings. The molecule has 0 bridgehead atoms. The number of carbonyl (C=O) groups excluding carboxylic acids is 1. The first-order chi connectivity index (χ1) is 10.7. The van der Waals surface area contributed by atoms with E-state index in [2.05, 4.69) is 0 Å². The van der Waals surface area contributed by atoms with E-state index in [-0.39, 0.29) is 30.8 Å². The highest BCUT2D eigenvalue weighted by Gasteiger charge is 2.46. The van der Waals surface area contributed by atoms with Crippen molar-refractivity contribution in [2.75, 3.05) is 26.4 Å². The Morgan fingerprint density at radius 2 is 2.05 bits per heavy atom. The molecule has 2 aliphatic rings. The zero-order chi connectivity index (χ0) is 15.4. The Hall–Kier alpha value is -1.59. The fourth-order valence-corrected chi connectivity index (χ4v) is 3.51. The lowest BCUT2D eigenvalue weighted by molar-refractivity contribution is 0.0182. The summed E-state index contributed by atoms with van der Waals surface area (Å²) in [6, 6.07) is 9.50. The molecule has 0 aromatic heterocycles. The third-order valence-electron chi connectivity index (χ3n) is 4.82. The first-order valence-corrected chi connectivity index (χ1v) is 7.88. The van der Waals surface area contributed by atoms with E-state index in [1.165, 1.54) is 0 Å². The first-order valence-electron chi connectivity index (χ1n) is 7.88. The van der Waals surface area contributed by atoms with E-state index in [9.17, 15) is 9.90 Å².